The maximum absolute atomic E-state index is 12.7. The Kier molecular flexibility index (Phi) is 8.72. The van der Waals surface area contributed by atoms with Gasteiger partial charge in [-0.2, -0.15) is 13.2 Å². The van der Waals surface area contributed by atoms with Crippen LogP contribution in [-0.2, 0) is 24.0 Å². The molecule has 1 aromatic carbocycles. The summed E-state index contributed by atoms with van der Waals surface area (Å²) in [4.78, 5) is 8.65. The van der Waals surface area contributed by atoms with Crippen molar-refractivity contribution in [3.05, 3.63) is 59.3 Å². The third kappa shape index (κ3) is 7.61. The molecular formula is C20H25F3N4O2. The molecule has 2 N–H and O–H groups in total. The van der Waals surface area contributed by atoms with E-state index in [0.29, 0.717) is 43.7 Å². The Bertz CT molecular complexity index is 780. The van der Waals surface area contributed by atoms with Gasteiger partial charge in [-0.15, -0.1) is 0 Å². The van der Waals surface area contributed by atoms with Crippen LogP contribution in [0.1, 0.15) is 23.6 Å². The number of nitrogens with one attached hydrogen (secondary N) is 2. The Morgan fingerprint density at radius 3 is 2.52 bits per heavy atom. The van der Waals surface area contributed by atoms with Crippen LogP contribution in [0.25, 0.3) is 0 Å². The van der Waals surface area contributed by atoms with E-state index >= 15 is 0 Å². The smallest absolute Gasteiger partial charge is 0.416 e. The molecule has 0 bridgehead atoms. The fraction of sp³-hybridized carbons (Fsp3) is 0.400. The van der Waals surface area contributed by atoms with Crippen molar-refractivity contribution in [2.75, 3.05) is 26.9 Å². The molecule has 2 aromatic rings. The Morgan fingerprint density at radius 2 is 1.86 bits per heavy atom. The second-order valence-corrected chi connectivity index (χ2v) is 6.05. The van der Waals surface area contributed by atoms with Crippen LogP contribution < -0.4 is 15.4 Å². The lowest BCUT2D eigenvalue weighted by molar-refractivity contribution is -0.137. The zero-order chi connectivity index (χ0) is 21.1. The molecule has 0 unspecified atom stereocenters. The van der Waals surface area contributed by atoms with E-state index in [-0.39, 0.29) is 6.54 Å². The van der Waals surface area contributed by atoms with Crippen molar-refractivity contribution in [2.45, 2.75) is 26.2 Å². The van der Waals surface area contributed by atoms with Crippen molar-refractivity contribution < 1.29 is 22.6 Å². The molecule has 9 heteroatoms. The molecule has 158 valence electrons. The van der Waals surface area contributed by atoms with Crippen LogP contribution in [0.2, 0.25) is 0 Å². The van der Waals surface area contributed by atoms with Gasteiger partial charge in [0.15, 0.2) is 5.96 Å². The Hall–Kier alpha value is -2.81. The number of hydrogen-bond donors (Lipinski definition) is 2. The van der Waals surface area contributed by atoms with Gasteiger partial charge in [0, 0.05) is 32.0 Å². The standard InChI is InChI=1S/C20H25F3N4O2/c1-3-24-19(26-13-15-6-8-17(9-7-15)20(21,22)23)27-14-16-5-4-10-25-18(16)29-12-11-28-2/h4-10H,3,11-14H2,1-2H3,(H2,24,26,27). The highest BCUT2D eigenvalue weighted by Gasteiger charge is 2.29. The van der Waals surface area contributed by atoms with Gasteiger partial charge in [0.05, 0.1) is 18.7 Å². The highest BCUT2D eigenvalue weighted by Crippen LogP contribution is 2.29. The predicted octanol–water partition coefficient (Wildman–Crippen LogP) is 3.38. The van der Waals surface area contributed by atoms with Gasteiger partial charge in [-0.25, -0.2) is 9.98 Å². The molecule has 0 fully saturated rings. The average Bonchev–Trinajstić information content (AvgIpc) is 2.71. The first-order valence-corrected chi connectivity index (χ1v) is 9.18. The largest absolute Gasteiger partial charge is 0.475 e. The normalized spacial score (nSPS) is 12.0. The number of guanidine groups is 1. The van der Waals surface area contributed by atoms with Crippen molar-refractivity contribution in [3.63, 3.8) is 0 Å². The van der Waals surface area contributed by atoms with Gasteiger partial charge in [0.25, 0.3) is 0 Å². The van der Waals surface area contributed by atoms with Gasteiger partial charge < -0.3 is 20.1 Å². The van der Waals surface area contributed by atoms with E-state index in [2.05, 4.69) is 20.6 Å². The molecule has 29 heavy (non-hydrogen) atoms. The van der Waals surface area contributed by atoms with E-state index in [1.807, 2.05) is 19.1 Å². The second-order valence-electron chi connectivity index (χ2n) is 6.05. The number of ether oxygens (including phenoxy) is 2. The van der Waals surface area contributed by atoms with Gasteiger partial charge >= 0.3 is 6.18 Å². The molecular weight excluding hydrogens is 385 g/mol. The third-order valence-corrected chi connectivity index (χ3v) is 3.87. The van der Waals surface area contributed by atoms with Crippen LogP contribution in [0.15, 0.2) is 47.6 Å². The Morgan fingerprint density at radius 1 is 1.10 bits per heavy atom. The molecule has 2 rings (SSSR count). The molecule has 1 heterocycles. The highest BCUT2D eigenvalue weighted by molar-refractivity contribution is 5.79. The number of hydrogen-bond acceptors (Lipinski definition) is 4. The first-order valence-electron chi connectivity index (χ1n) is 9.18. The minimum Gasteiger partial charge on any atom is -0.475 e. The second kappa shape index (κ2) is 11.3. The van der Waals surface area contributed by atoms with Crippen LogP contribution in [0.3, 0.4) is 0 Å². The van der Waals surface area contributed by atoms with Gasteiger partial charge in [0.2, 0.25) is 5.88 Å². The number of rotatable bonds is 9. The van der Waals surface area contributed by atoms with Gasteiger partial charge in [0.1, 0.15) is 6.61 Å². The van der Waals surface area contributed by atoms with Crippen LogP contribution in [0.4, 0.5) is 13.2 Å². The van der Waals surface area contributed by atoms with E-state index in [9.17, 15) is 13.2 Å². The number of nitrogens with zero attached hydrogens (tertiary/aromatic N) is 2. The van der Waals surface area contributed by atoms with Crippen molar-refractivity contribution in [1.29, 1.82) is 0 Å². The van der Waals surface area contributed by atoms with Gasteiger partial charge in [-0.3, -0.25) is 0 Å². The summed E-state index contributed by atoms with van der Waals surface area (Å²) in [5.74, 6) is 1.05. The summed E-state index contributed by atoms with van der Waals surface area (Å²) in [5, 5.41) is 6.29. The number of aliphatic imine (C=N–C) groups is 1. The first kappa shape index (κ1) is 22.5. The van der Waals surface area contributed by atoms with Crippen molar-refractivity contribution >= 4 is 5.96 Å². The minimum atomic E-state index is -4.34. The first-order chi connectivity index (χ1) is 13.9. The molecule has 0 saturated carbocycles. The Balaban J connectivity index is 1.99. The number of methoxy groups -OCH3 is 1. The summed E-state index contributed by atoms with van der Waals surface area (Å²) in [6.45, 7) is 4.09. The lowest BCUT2D eigenvalue weighted by atomic mass is 10.1. The summed E-state index contributed by atoms with van der Waals surface area (Å²) in [7, 11) is 1.60. The summed E-state index contributed by atoms with van der Waals surface area (Å²) >= 11 is 0. The van der Waals surface area contributed by atoms with Crippen molar-refractivity contribution in [3.8, 4) is 5.88 Å². The lowest BCUT2D eigenvalue weighted by Gasteiger charge is -2.14. The molecule has 0 aliphatic heterocycles. The molecule has 0 atom stereocenters. The fourth-order valence-corrected chi connectivity index (χ4v) is 2.40. The molecule has 6 nitrogen and oxygen atoms in total. The Labute approximate surface area is 168 Å². The average molecular weight is 410 g/mol. The molecule has 0 aliphatic carbocycles. The number of alkyl halides is 3. The number of aromatic nitrogens is 1. The van der Waals surface area contributed by atoms with Crippen LogP contribution >= 0.6 is 0 Å². The van der Waals surface area contributed by atoms with Gasteiger partial charge in [-0.05, 0) is 30.7 Å². The molecule has 1 aromatic heterocycles. The van der Waals surface area contributed by atoms with Crippen LogP contribution in [0, 0.1) is 0 Å². The SMILES string of the molecule is CCNC(=NCc1ccc(C(F)(F)F)cc1)NCc1cccnc1OCCOC. The molecule has 0 aliphatic rings. The van der Waals surface area contributed by atoms with E-state index < -0.39 is 11.7 Å². The summed E-state index contributed by atoms with van der Waals surface area (Å²) < 4.78 is 48.6. The molecule has 0 spiro atoms. The van der Waals surface area contributed by atoms with Crippen molar-refractivity contribution in [1.82, 2.24) is 15.6 Å². The highest BCUT2D eigenvalue weighted by atomic mass is 19.4. The van der Waals surface area contributed by atoms with E-state index in [0.717, 1.165) is 17.7 Å². The molecule has 0 amide bonds. The molecule has 0 radical (unpaired) electrons. The van der Waals surface area contributed by atoms with E-state index in [1.54, 1.807) is 13.3 Å². The fourth-order valence-electron chi connectivity index (χ4n) is 2.40. The number of benzene rings is 1. The topological polar surface area (TPSA) is 67.8 Å². The number of halogens is 3. The predicted molar refractivity (Wildman–Crippen MR) is 105 cm³/mol. The summed E-state index contributed by atoms with van der Waals surface area (Å²) in [6.07, 6.45) is -2.69. The zero-order valence-electron chi connectivity index (χ0n) is 16.4. The maximum atomic E-state index is 12.7. The maximum Gasteiger partial charge on any atom is 0.416 e. The van der Waals surface area contributed by atoms with E-state index in [1.165, 1.54) is 12.1 Å². The quantitative estimate of drug-likeness (QED) is 0.377. The monoisotopic (exact) mass is 410 g/mol. The van der Waals surface area contributed by atoms with Crippen LogP contribution in [-0.4, -0.2) is 37.8 Å². The molecule has 0 saturated heterocycles. The number of pyridine rings is 1. The minimum absolute atomic E-state index is 0.248. The zero-order valence-corrected chi connectivity index (χ0v) is 16.4. The summed E-state index contributed by atoms with van der Waals surface area (Å²) in [5.41, 5.74) is 0.858. The summed E-state index contributed by atoms with van der Waals surface area (Å²) in [6, 6.07) is 8.68. The van der Waals surface area contributed by atoms with Crippen LogP contribution in [0.5, 0.6) is 5.88 Å². The van der Waals surface area contributed by atoms with Crippen molar-refractivity contribution in [2.24, 2.45) is 4.99 Å². The van der Waals surface area contributed by atoms with E-state index in [4.69, 9.17) is 9.47 Å². The van der Waals surface area contributed by atoms with Gasteiger partial charge in [-0.1, -0.05) is 18.2 Å². The third-order valence-electron chi connectivity index (χ3n) is 3.87. The lowest BCUT2D eigenvalue weighted by Crippen LogP contribution is -2.36.